The molecule has 0 bridgehead atoms. The molecule has 2 heterocycles. The SMILES string of the molecule is O=C(CCCCl)NCCn1ccnc1-c1ccccn1. The van der Waals surface area contributed by atoms with Crippen LogP contribution in [0.1, 0.15) is 12.8 Å². The molecular formula is C14H17ClN4O. The Morgan fingerprint density at radius 2 is 2.20 bits per heavy atom. The molecule has 0 unspecified atom stereocenters. The van der Waals surface area contributed by atoms with Gasteiger partial charge in [-0.25, -0.2) is 4.98 Å². The highest BCUT2D eigenvalue weighted by Gasteiger charge is 2.06. The highest BCUT2D eigenvalue weighted by molar-refractivity contribution is 6.17. The number of halogens is 1. The van der Waals surface area contributed by atoms with Crippen LogP contribution in [-0.4, -0.2) is 32.9 Å². The summed E-state index contributed by atoms with van der Waals surface area (Å²) < 4.78 is 1.98. The number of imidazole rings is 1. The molecule has 2 rings (SSSR count). The van der Waals surface area contributed by atoms with Crippen molar-refractivity contribution in [2.24, 2.45) is 0 Å². The van der Waals surface area contributed by atoms with E-state index in [9.17, 15) is 4.79 Å². The topological polar surface area (TPSA) is 59.8 Å². The van der Waals surface area contributed by atoms with Gasteiger partial charge in [0.05, 0.1) is 0 Å². The maximum Gasteiger partial charge on any atom is 0.220 e. The lowest BCUT2D eigenvalue weighted by Crippen LogP contribution is -2.27. The first-order valence-electron chi connectivity index (χ1n) is 6.56. The number of amides is 1. The molecule has 2 aromatic heterocycles. The third kappa shape index (κ3) is 4.06. The summed E-state index contributed by atoms with van der Waals surface area (Å²) in [4.78, 5) is 20.1. The third-order valence-electron chi connectivity index (χ3n) is 2.82. The average molecular weight is 293 g/mol. The van der Waals surface area contributed by atoms with Crippen molar-refractivity contribution in [2.75, 3.05) is 12.4 Å². The zero-order chi connectivity index (χ0) is 14.2. The second kappa shape index (κ2) is 7.65. The van der Waals surface area contributed by atoms with Gasteiger partial charge < -0.3 is 9.88 Å². The minimum absolute atomic E-state index is 0.0325. The predicted molar refractivity (Wildman–Crippen MR) is 78.4 cm³/mol. The fraction of sp³-hybridized carbons (Fsp3) is 0.357. The first kappa shape index (κ1) is 14.5. The van der Waals surface area contributed by atoms with E-state index < -0.39 is 0 Å². The molecule has 20 heavy (non-hydrogen) atoms. The van der Waals surface area contributed by atoms with Crippen LogP contribution in [-0.2, 0) is 11.3 Å². The number of hydrogen-bond acceptors (Lipinski definition) is 3. The molecule has 0 saturated carbocycles. The Bertz CT molecular complexity index is 541. The second-order valence-electron chi connectivity index (χ2n) is 4.30. The standard InChI is InChI=1S/C14H17ClN4O/c15-6-3-5-13(20)17-8-10-19-11-9-18-14(19)12-4-1-2-7-16-12/h1-2,4,7,9,11H,3,5-6,8,10H2,(H,17,20). The summed E-state index contributed by atoms with van der Waals surface area (Å²) in [5, 5.41) is 2.87. The molecule has 0 atom stereocenters. The van der Waals surface area contributed by atoms with E-state index in [1.807, 2.05) is 29.0 Å². The van der Waals surface area contributed by atoms with Crippen molar-refractivity contribution in [3.8, 4) is 11.5 Å². The molecule has 2 aromatic rings. The molecular weight excluding hydrogens is 276 g/mol. The van der Waals surface area contributed by atoms with E-state index in [-0.39, 0.29) is 5.91 Å². The van der Waals surface area contributed by atoms with Gasteiger partial charge in [-0.2, -0.15) is 0 Å². The van der Waals surface area contributed by atoms with Crippen LogP contribution in [0.5, 0.6) is 0 Å². The summed E-state index contributed by atoms with van der Waals surface area (Å²) in [5.41, 5.74) is 0.825. The molecule has 0 spiro atoms. The summed E-state index contributed by atoms with van der Waals surface area (Å²) in [6.07, 6.45) is 6.54. The molecule has 1 N–H and O–H groups in total. The first-order valence-corrected chi connectivity index (χ1v) is 7.10. The fourth-order valence-electron chi connectivity index (χ4n) is 1.85. The van der Waals surface area contributed by atoms with Gasteiger partial charge in [0.25, 0.3) is 0 Å². The molecule has 1 amide bonds. The van der Waals surface area contributed by atoms with Gasteiger partial charge in [0.2, 0.25) is 5.91 Å². The minimum atomic E-state index is 0.0325. The Morgan fingerprint density at radius 3 is 2.95 bits per heavy atom. The zero-order valence-corrected chi connectivity index (χ0v) is 11.9. The number of carbonyl (C=O) groups is 1. The van der Waals surface area contributed by atoms with E-state index in [1.54, 1.807) is 12.4 Å². The minimum Gasteiger partial charge on any atom is -0.354 e. The summed E-state index contributed by atoms with van der Waals surface area (Å²) in [6, 6.07) is 5.71. The lowest BCUT2D eigenvalue weighted by molar-refractivity contribution is -0.121. The number of alkyl halides is 1. The first-order chi connectivity index (χ1) is 9.81. The van der Waals surface area contributed by atoms with Crippen LogP contribution in [0.25, 0.3) is 11.5 Å². The molecule has 0 aliphatic heterocycles. The number of hydrogen-bond donors (Lipinski definition) is 1. The Morgan fingerprint density at radius 1 is 1.30 bits per heavy atom. The lowest BCUT2D eigenvalue weighted by atomic mass is 10.3. The Labute approximate surface area is 123 Å². The largest absolute Gasteiger partial charge is 0.354 e. The van der Waals surface area contributed by atoms with Crippen LogP contribution < -0.4 is 5.32 Å². The molecule has 0 saturated heterocycles. The van der Waals surface area contributed by atoms with Crippen molar-refractivity contribution < 1.29 is 4.79 Å². The Balaban J connectivity index is 1.89. The Kier molecular flexibility index (Phi) is 5.55. The van der Waals surface area contributed by atoms with Gasteiger partial charge in [-0.3, -0.25) is 9.78 Å². The van der Waals surface area contributed by atoms with Gasteiger partial charge in [0.1, 0.15) is 5.69 Å². The van der Waals surface area contributed by atoms with Gasteiger partial charge >= 0.3 is 0 Å². The normalized spacial score (nSPS) is 10.4. The average Bonchev–Trinajstić information content (AvgIpc) is 2.94. The molecule has 5 nitrogen and oxygen atoms in total. The maximum absolute atomic E-state index is 11.5. The fourth-order valence-corrected chi connectivity index (χ4v) is 1.98. The van der Waals surface area contributed by atoms with E-state index in [2.05, 4.69) is 15.3 Å². The van der Waals surface area contributed by atoms with Crippen molar-refractivity contribution in [3.05, 3.63) is 36.8 Å². The summed E-state index contributed by atoms with van der Waals surface area (Å²) in [5.74, 6) is 1.35. The van der Waals surface area contributed by atoms with E-state index >= 15 is 0 Å². The summed E-state index contributed by atoms with van der Waals surface area (Å²) >= 11 is 5.55. The van der Waals surface area contributed by atoms with E-state index in [1.165, 1.54) is 0 Å². The molecule has 0 fully saturated rings. The van der Waals surface area contributed by atoms with Crippen LogP contribution in [0.3, 0.4) is 0 Å². The second-order valence-corrected chi connectivity index (χ2v) is 4.68. The Hall–Kier alpha value is -1.88. The molecule has 6 heteroatoms. The quantitative estimate of drug-likeness (QED) is 0.795. The number of pyridine rings is 1. The molecule has 0 aromatic carbocycles. The highest BCUT2D eigenvalue weighted by Crippen LogP contribution is 2.13. The van der Waals surface area contributed by atoms with Crippen LogP contribution in [0.2, 0.25) is 0 Å². The third-order valence-corrected chi connectivity index (χ3v) is 3.09. The van der Waals surface area contributed by atoms with E-state index in [0.29, 0.717) is 31.8 Å². The van der Waals surface area contributed by atoms with Crippen LogP contribution in [0.4, 0.5) is 0 Å². The smallest absolute Gasteiger partial charge is 0.220 e. The van der Waals surface area contributed by atoms with Crippen molar-refractivity contribution in [3.63, 3.8) is 0 Å². The van der Waals surface area contributed by atoms with Gasteiger partial charge in [-0.15, -0.1) is 11.6 Å². The van der Waals surface area contributed by atoms with Crippen molar-refractivity contribution >= 4 is 17.5 Å². The zero-order valence-electron chi connectivity index (χ0n) is 11.1. The van der Waals surface area contributed by atoms with E-state index in [4.69, 9.17) is 11.6 Å². The van der Waals surface area contributed by atoms with Crippen LogP contribution in [0.15, 0.2) is 36.8 Å². The van der Waals surface area contributed by atoms with Gasteiger partial charge in [-0.1, -0.05) is 6.07 Å². The summed E-state index contributed by atoms with van der Waals surface area (Å²) in [6.45, 7) is 1.23. The van der Waals surface area contributed by atoms with Gasteiger partial charge in [0.15, 0.2) is 5.82 Å². The van der Waals surface area contributed by atoms with Crippen molar-refractivity contribution in [2.45, 2.75) is 19.4 Å². The molecule has 0 aliphatic carbocycles. The van der Waals surface area contributed by atoms with Crippen LogP contribution in [0, 0.1) is 0 Å². The number of aromatic nitrogens is 3. The van der Waals surface area contributed by atoms with Gasteiger partial charge in [-0.05, 0) is 18.6 Å². The number of rotatable bonds is 7. The van der Waals surface area contributed by atoms with Crippen molar-refractivity contribution in [1.29, 1.82) is 0 Å². The molecule has 0 radical (unpaired) electrons. The van der Waals surface area contributed by atoms with Gasteiger partial charge in [0, 0.05) is 44.0 Å². The number of nitrogens with one attached hydrogen (secondary N) is 1. The summed E-state index contributed by atoms with van der Waals surface area (Å²) in [7, 11) is 0. The number of nitrogens with zero attached hydrogens (tertiary/aromatic N) is 3. The monoisotopic (exact) mass is 292 g/mol. The predicted octanol–water partition coefficient (Wildman–Crippen LogP) is 2.08. The van der Waals surface area contributed by atoms with Crippen molar-refractivity contribution in [1.82, 2.24) is 19.9 Å². The molecule has 106 valence electrons. The van der Waals surface area contributed by atoms with Crippen LogP contribution >= 0.6 is 11.6 Å². The highest BCUT2D eigenvalue weighted by atomic mass is 35.5. The maximum atomic E-state index is 11.5. The van der Waals surface area contributed by atoms with E-state index in [0.717, 1.165) is 11.5 Å². The molecule has 0 aliphatic rings. The number of carbonyl (C=O) groups excluding carboxylic acids is 1. The lowest BCUT2D eigenvalue weighted by Gasteiger charge is -2.08.